The van der Waals surface area contributed by atoms with Gasteiger partial charge in [0.2, 0.25) is 6.79 Å². The summed E-state index contributed by atoms with van der Waals surface area (Å²) in [4.78, 5) is 27.7. The number of hydrogen-bond acceptors (Lipinski definition) is 7. The van der Waals surface area contributed by atoms with Crippen LogP contribution in [0.25, 0.3) is 0 Å². The number of methoxy groups -OCH3 is 1. The molecule has 182 valence electrons. The van der Waals surface area contributed by atoms with E-state index in [2.05, 4.69) is 17.6 Å². The van der Waals surface area contributed by atoms with Crippen LogP contribution in [-0.4, -0.2) is 69.5 Å². The Balaban J connectivity index is 1.57. The molecule has 2 heterocycles. The number of likely N-dealkylation sites (N-methyl/N-ethyl adjacent to an activating group) is 1. The number of carbonyl (C=O) groups excluding carboxylic acids is 2. The molecule has 2 aliphatic heterocycles. The molecular weight excluding hydrogens is 438 g/mol. The van der Waals surface area contributed by atoms with Crippen molar-refractivity contribution < 1.29 is 28.5 Å². The van der Waals surface area contributed by atoms with Crippen molar-refractivity contribution in [1.82, 2.24) is 10.2 Å². The Morgan fingerprint density at radius 2 is 1.88 bits per heavy atom. The minimum Gasteiger partial charge on any atom is -0.491 e. The van der Waals surface area contributed by atoms with Crippen molar-refractivity contribution in [2.24, 2.45) is 5.92 Å². The van der Waals surface area contributed by atoms with Crippen LogP contribution in [0.3, 0.4) is 0 Å². The zero-order chi connectivity index (χ0) is 24.2. The summed E-state index contributed by atoms with van der Waals surface area (Å²) in [6.45, 7) is 5.83. The quantitative estimate of drug-likeness (QED) is 0.713. The number of rotatable bonds is 3. The van der Waals surface area contributed by atoms with Gasteiger partial charge in [0.15, 0.2) is 11.5 Å². The molecule has 0 aliphatic carbocycles. The maximum Gasteiger partial charge on any atom is 0.257 e. The maximum absolute atomic E-state index is 13.2. The highest BCUT2D eigenvalue weighted by Gasteiger charge is 2.26. The van der Waals surface area contributed by atoms with Crippen LogP contribution in [0.5, 0.6) is 17.2 Å². The summed E-state index contributed by atoms with van der Waals surface area (Å²) in [5.74, 6) is 1.31. The van der Waals surface area contributed by atoms with Crippen LogP contribution in [0.4, 0.5) is 5.69 Å². The minimum atomic E-state index is -0.304. The highest BCUT2D eigenvalue weighted by Crippen LogP contribution is 2.33. The number of fused-ring (bicyclic) bond motifs is 2. The van der Waals surface area contributed by atoms with Crippen molar-refractivity contribution in [2.75, 3.05) is 46.0 Å². The van der Waals surface area contributed by atoms with E-state index in [9.17, 15) is 9.59 Å². The molecule has 3 atom stereocenters. The first-order valence-corrected chi connectivity index (χ1v) is 11.3. The average molecular weight is 470 g/mol. The normalized spacial score (nSPS) is 22.8. The van der Waals surface area contributed by atoms with Gasteiger partial charge in [0.1, 0.15) is 12.4 Å². The summed E-state index contributed by atoms with van der Waals surface area (Å²) < 4.78 is 22.3. The predicted octanol–water partition coefficient (Wildman–Crippen LogP) is 2.76. The topological polar surface area (TPSA) is 98.4 Å². The van der Waals surface area contributed by atoms with Crippen molar-refractivity contribution in [3.8, 4) is 17.2 Å². The molecule has 9 heteroatoms. The molecule has 9 nitrogen and oxygen atoms in total. The van der Waals surface area contributed by atoms with Crippen LogP contribution in [-0.2, 0) is 4.74 Å². The van der Waals surface area contributed by atoms with E-state index in [4.69, 9.17) is 18.9 Å². The lowest BCUT2D eigenvalue weighted by molar-refractivity contribution is 0.0281. The monoisotopic (exact) mass is 469 g/mol. The molecule has 2 aliphatic rings. The van der Waals surface area contributed by atoms with Crippen LogP contribution in [0.1, 0.15) is 34.6 Å². The van der Waals surface area contributed by atoms with Crippen molar-refractivity contribution in [3.05, 3.63) is 47.5 Å². The number of benzene rings is 2. The van der Waals surface area contributed by atoms with Gasteiger partial charge in [-0.3, -0.25) is 9.59 Å². The van der Waals surface area contributed by atoms with Gasteiger partial charge >= 0.3 is 0 Å². The lowest BCUT2D eigenvalue weighted by Gasteiger charge is -2.30. The molecule has 0 bridgehead atoms. The first kappa shape index (κ1) is 23.8. The second-order valence-corrected chi connectivity index (χ2v) is 8.79. The number of ether oxygens (including phenoxy) is 4. The van der Waals surface area contributed by atoms with Gasteiger partial charge in [-0.25, -0.2) is 0 Å². The third kappa shape index (κ3) is 5.26. The van der Waals surface area contributed by atoms with E-state index in [1.807, 2.05) is 6.92 Å². The summed E-state index contributed by atoms with van der Waals surface area (Å²) in [5, 5.41) is 6.33. The van der Waals surface area contributed by atoms with E-state index >= 15 is 0 Å². The molecule has 0 saturated carbocycles. The second-order valence-electron chi connectivity index (χ2n) is 8.79. The van der Waals surface area contributed by atoms with Gasteiger partial charge in [-0.2, -0.15) is 0 Å². The first-order chi connectivity index (χ1) is 16.4. The molecule has 2 N–H and O–H groups in total. The minimum absolute atomic E-state index is 0.0620. The summed E-state index contributed by atoms with van der Waals surface area (Å²) in [7, 11) is 3.42. The Hall–Kier alpha value is -3.30. The number of nitrogens with one attached hydrogen (secondary N) is 2. The van der Waals surface area contributed by atoms with Crippen LogP contribution >= 0.6 is 0 Å². The third-order valence-electron chi connectivity index (χ3n) is 6.12. The van der Waals surface area contributed by atoms with Crippen LogP contribution in [0.2, 0.25) is 0 Å². The first-order valence-electron chi connectivity index (χ1n) is 11.3. The largest absolute Gasteiger partial charge is 0.491 e. The Morgan fingerprint density at radius 1 is 1.09 bits per heavy atom. The molecule has 4 rings (SSSR count). The molecule has 0 saturated heterocycles. The molecule has 0 radical (unpaired) electrons. The summed E-state index contributed by atoms with van der Waals surface area (Å²) in [5.41, 5.74) is 1.39. The molecular formula is C25H31N3O6. The fourth-order valence-corrected chi connectivity index (χ4v) is 3.97. The van der Waals surface area contributed by atoms with Crippen molar-refractivity contribution in [2.45, 2.75) is 26.0 Å². The second kappa shape index (κ2) is 10.3. The zero-order valence-corrected chi connectivity index (χ0v) is 19.9. The Labute approximate surface area is 199 Å². The van der Waals surface area contributed by atoms with Crippen molar-refractivity contribution >= 4 is 17.5 Å². The maximum atomic E-state index is 13.2. The van der Waals surface area contributed by atoms with Gasteiger partial charge in [0, 0.05) is 50.6 Å². The number of amides is 2. The Kier molecular flexibility index (Phi) is 7.23. The van der Waals surface area contributed by atoms with Gasteiger partial charge in [0.05, 0.1) is 11.7 Å². The van der Waals surface area contributed by atoms with Crippen molar-refractivity contribution in [1.29, 1.82) is 0 Å². The van der Waals surface area contributed by atoms with Gasteiger partial charge in [-0.15, -0.1) is 0 Å². The van der Waals surface area contributed by atoms with Crippen LogP contribution in [0, 0.1) is 5.92 Å². The standard InChI is InChI=1S/C25H31N3O6/c1-15-11-26-16(2)13-32-21-10-18(6-7-19(21)25(30)28(3)12-23(15)31-4)27-24(29)17-5-8-20-22(9-17)34-14-33-20/h5-10,15-16,23,26H,11-14H2,1-4H3,(H,27,29)/t15-,16+,23+/m1/s1. The molecule has 2 amide bonds. The smallest absolute Gasteiger partial charge is 0.257 e. The highest BCUT2D eigenvalue weighted by molar-refractivity contribution is 6.05. The van der Waals surface area contributed by atoms with Gasteiger partial charge in [-0.1, -0.05) is 6.92 Å². The molecule has 34 heavy (non-hydrogen) atoms. The van der Waals surface area contributed by atoms with Gasteiger partial charge in [0.25, 0.3) is 11.8 Å². The van der Waals surface area contributed by atoms with E-state index in [1.54, 1.807) is 55.5 Å². The van der Waals surface area contributed by atoms with Crippen LogP contribution < -0.4 is 24.8 Å². The van der Waals surface area contributed by atoms with Crippen molar-refractivity contribution in [3.63, 3.8) is 0 Å². The lowest BCUT2D eigenvalue weighted by atomic mass is 10.0. The van der Waals surface area contributed by atoms with E-state index in [0.717, 1.165) is 6.54 Å². The van der Waals surface area contributed by atoms with Gasteiger partial charge in [-0.05, 0) is 43.2 Å². The fourth-order valence-electron chi connectivity index (χ4n) is 3.97. The van der Waals surface area contributed by atoms with Gasteiger partial charge < -0.3 is 34.5 Å². The predicted molar refractivity (Wildman–Crippen MR) is 127 cm³/mol. The Morgan fingerprint density at radius 3 is 2.68 bits per heavy atom. The summed E-state index contributed by atoms with van der Waals surface area (Å²) in [6.07, 6.45) is -0.0993. The van der Waals surface area contributed by atoms with E-state index in [0.29, 0.717) is 47.2 Å². The van der Waals surface area contributed by atoms with E-state index in [1.165, 1.54) is 0 Å². The summed E-state index contributed by atoms with van der Waals surface area (Å²) >= 11 is 0. The average Bonchev–Trinajstić information content (AvgIpc) is 3.31. The number of hydrogen-bond donors (Lipinski definition) is 2. The lowest BCUT2D eigenvalue weighted by Crippen LogP contribution is -2.44. The molecule has 0 fully saturated rings. The van der Waals surface area contributed by atoms with E-state index < -0.39 is 0 Å². The molecule has 2 aromatic rings. The van der Waals surface area contributed by atoms with E-state index in [-0.39, 0.29) is 36.7 Å². The molecule has 0 aromatic heterocycles. The molecule has 0 unspecified atom stereocenters. The summed E-state index contributed by atoms with van der Waals surface area (Å²) in [6, 6.07) is 10.1. The third-order valence-corrected chi connectivity index (χ3v) is 6.12. The fraction of sp³-hybridized carbons (Fsp3) is 0.440. The molecule has 2 aromatic carbocycles. The Bertz CT molecular complexity index is 1060. The number of nitrogens with zero attached hydrogens (tertiary/aromatic N) is 1. The highest BCUT2D eigenvalue weighted by atomic mass is 16.7. The number of carbonyl (C=O) groups is 2. The SMILES string of the molecule is CO[C@H]1CN(C)C(=O)c2ccc(NC(=O)c3ccc4c(c3)OCO4)cc2OC[C@H](C)NC[C@H]1C. The number of anilines is 1. The molecule has 0 spiro atoms. The zero-order valence-electron chi connectivity index (χ0n) is 19.9. The van der Waals surface area contributed by atoms with Crippen LogP contribution in [0.15, 0.2) is 36.4 Å².